The number of esters is 1. The Morgan fingerprint density at radius 1 is 1.45 bits per heavy atom. The van der Waals surface area contributed by atoms with Gasteiger partial charge >= 0.3 is 5.97 Å². The van der Waals surface area contributed by atoms with Gasteiger partial charge in [-0.2, -0.15) is 0 Å². The Hall–Kier alpha value is -1.88. The highest BCUT2D eigenvalue weighted by molar-refractivity contribution is 6.06. The summed E-state index contributed by atoms with van der Waals surface area (Å²) in [6.45, 7) is 3.63. The topological polar surface area (TPSA) is 69.0 Å². The van der Waals surface area contributed by atoms with Crippen LogP contribution < -0.4 is 0 Å². The molecule has 20 heavy (non-hydrogen) atoms. The van der Waals surface area contributed by atoms with E-state index in [0.29, 0.717) is 24.2 Å². The summed E-state index contributed by atoms with van der Waals surface area (Å²) in [5.74, 6) is -0.148. The van der Waals surface area contributed by atoms with E-state index in [9.17, 15) is 9.59 Å². The molecule has 3 heterocycles. The molecule has 5 heteroatoms. The Kier molecular flexibility index (Phi) is 3.22. The SMILES string of the molecule is CC(=CCC[C@@H]1C(=O)O[C@@H]2O[C@@H]21)C(=O)c1cc(C)co1. The van der Waals surface area contributed by atoms with E-state index in [2.05, 4.69) is 0 Å². The zero-order valence-electron chi connectivity index (χ0n) is 11.4. The number of fused-ring (bicyclic) bond motifs is 1. The van der Waals surface area contributed by atoms with E-state index in [1.54, 1.807) is 19.3 Å². The van der Waals surface area contributed by atoms with Crippen LogP contribution in [0.4, 0.5) is 0 Å². The van der Waals surface area contributed by atoms with Gasteiger partial charge in [-0.05, 0) is 43.9 Å². The summed E-state index contributed by atoms with van der Waals surface area (Å²) in [5, 5.41) is 0. The first kappa shape index (κ1) is 13.1. The fraction of sp³-hybridized carbons (Fsp3) is 0.467. The number of carbonyl (C=O) groups is 2. The summed E-state index contributed by atoms with van der Waals surface area (Å²) in [7, 11) is 0. The van der Waals surface area contributed by atoms with E-state index in [-0.39, 0.29) is 30.1 Å². The molecule has 106 valence electrons. The lowest BCUT2D eigenvalue weighted by Crippen LogP contribution is -2.15. The molecule has 2 saturated heterocycles. The smallest absolute Gasteiger partial charge is 0.314 e. The number of epoxide rings is 1. The van der Waals surface area contributed by atoms with Crippen LogP contribution in [-0.2, 0) is 14.3 Å². The zero-order chi connectivity index (χ0) is 14.3. The van der Waals surface area contributed by atoms with Gasteiger partial charge in [0, 0.05) is 0 Å². The molecule has 2 aliphatic heterocycles. The molecule has 0 amide bonds. The number of ketones is 1. The van der Waals surface area contributed by atoms with Crippen molar-refractivity contribution in [1.82, 2.24) is 0 Å². The minimum Gasteiger partial charge on any atom is -0.461 e. The molecule has 0 radical (unpaired) electrons. The monoisotopic (exact) mass is 276 g/mol. The molecule has 0 unspecified atom stereocenters. The van der Waals surface area contributed by atoms with Crippen molar-refractivity contribution in [3.8, 4) is 0 Å². The maximum Gasteiger partial charge on any atom is 0.314 e. The van der Waals surface area contributed by atoms with E-state index in [4.69, 9.17) is 13.9 Å². The zero-order valence-corrected chi connectivity index (χ0v) is 11.4. The van der Waals surface area contributed by atoms with Crippen molar-refractivity contribution in [2.45, 2.75) is 39.1 Å². The van der Waals surface area contributed by atoms with E-state index < -0.39 is 0 Å². The molecule has 0 spiro atoms. The van der Waals surface area contributed by atoms with Gasteiger partial charge in [0.2, 0.25) is 12.1 Å². The predicted octanol–water partition coefficient (Wildman–Crippen LogP) is 2.40. The predicted molar refractivity (Wildman–Crippen MR) is 69.0 cm³/mol. The summed E-state index contributed by atoms with van der Waals surface area (Å²) < 4.78 is 15.3. The van der Waals surface area contributed by atoms with Crippen molar-refractivity contribution in [3.05, 3.63) is 35.3 Å². The van der Waals surface area contributed by atoms with Gasteiger partial charge in [-0.25, -0.2) is 0 Å². The first-order valence-corrected chi connectivity index (χ1v) is 6.69. The van der Waals surface area contributed by atoms with Crippen molar-refractivity contribution >= 4 is 11.8 Å². The molecule has 3 atom stereocenters. The number of carbonyl (C=O) groups excluding carboxylic acids is 2. The number of furan rings is 1. The Bertz CT molecular complexity index is 583. The summed E-state index contributed by atoms with van der Waals surface area (Å²) in [6.07, 6.45) is 4.29. The number of allylic oxidation sites excluding steroid dienone is 2. The standard InChI is InChI=1S/C15H16O5/c1-8-6-11(18-7-8)12(16)9(2)4-3-5-10-13-15(19-13)20-14(10)17/h4,6-7,10,13,15H,3,5H2,1-2H3/t10-,13+,15-/m0/s1. The van der Waals surface area contributed by atoms with Gasteiger partial charge in [-0.1, -0.05) is 6.08 Å². The van der Waals surface area contributed by atoms with E-state index in [1.165, 1.54) is 0 Å². The third-order valence-corrected chi connectivity index (χ3v) is 3.66. The summed E-state index contributed by atoms with van der Waals surface area (Å²) in [6, 6.07) is 1.72. The molecule has 3 rings (SSSR count). The Balaban J connectivity index is 1.56. The maximum absolute atomic E-state index is 12.0. The van der Waals surface area contributed by atoms with Crippen molar-refractivity contribution in [2.75, 3.05) is 0 Å². The van der Waals surface area contributed by atoms with E-state index in [1.807, 2.05) is 13.0 Å². The Morgan fingerprint density at radius 3 is 2.85 bits per heavy atom. The molecule has 2 aliphatic rings. The minimum absolute atomic E-state index is 0.0698. The van der Waals surface area contributed by atoms with Gasteiger partial charge in [-0.3, -0.25) is 9.59 Å². The second-order valence-electron chi connectivity index (χ2n) is 5.29. The molecule has 1 aromatic heterocycles. The van der Waals surface area contributed by atoms with Crippen LogP contribution in [0.2, 0.25) is 0 Å². The number of ether oxygens (including phenoxy) is 2. The molecule has 0 N–H and O–H groups in total. The largest absolute Gasteiger partial charge is 0.461 e. The van der Waals surface area contributed by atoms with Crippen molar-refractivity contribution in [3.63, 3.8) is 0 Å². The van der Waals surface area contributed by atoms with Crippen molar-refractivity contribution in [1.29, 1.82) is 0 Å². The van der Waals surface area contributed by atoms with E-state index >= 15 is 0 Å². The lowest BCUT2D eigenvalue weighted by molar-refractivity contribution is -0.151. The number of hydrogen-bond donors (Lipinski definition) is 0. The molecule has 0 aliphatic carbocycles. The van der Waals surface area contributed by atoms with Crippen LogP contribution in [-0.4, -0.2) is 24.1 Å². The second-order valence-corrected chi connectivity index (χ2v) is 5.29. The van der Waals surface area contributed by atoms with Gasteiger partial charge < -0.3 is 13.9 Å². The molecule has 2 fully saturated rings. The van der Waals surface area contributed by atoms with Gasteiger partial charge in [0.25, 0.3) is 0 Å². The van der Waals surface area contributed by atoms with Crippen LogP contribution in [0.5, 0.6) is 0 Å². The van der Waals surface area contributed by atoms with Crippen LogP contribution >= 0.6 is 0 Å². The van der Waals surface area contributed by atoms with Crippen molar-refractivity contribution in [2.24, 2.45) is 5.92 Å². The number of rotatable bonds is 5. The fourth-order valence-electron chi connectivity index (χ4n) is 2.42. The minimum atomic E-state index is -0.315. The highest BCUT2D eigenvalue weighted by Gasteiger charge is 2.57. The number of hydrogen-bond acceptors (Lipinski definition) is 5. The lowest BCUT2D eigenvalue weighted by atomic mass is 9.99. The van der Waals surface area contributed by atoms with Crippen LogP contribution in [0.25, 0.3) is 0 Å². The molecule has 0 aromatic carbocycles. The van der Waals surface area contributed by atoms with Crippen LogP contribution in [0, 0.1) is 12.8 Å². The number of Topliss-reactive ketones (excluding diaryl/α,β-unsaturated/α-hetero) is 1. The van der Waals surface area contributed by atoms with Crippen LogP contribution in [0.1, 0.15) is 35.9 Å². The average molecular weight is 276 g/mol. The summed E-state index contributed by atoms with van der Waals surface area (Å²) in [4.78, 5) is 23.5. The van der Waals surface area contributed by atoms with Gasteiger partial charge in [0.1, 0.15) is 6.10 Å². The Labute approximate surface area is 116 Å². The highest BCUT2D eigenvalue weighted by atomic mass is 16.8. The van der Waals surface area contributed by atoms with Crippen molar-refractivity contribution < 1.29 is 23.5 Å². The van der Waals surface area contributed by atoms with Gasteiger partial charge in [0.05, 0.1) is 12.2 Å². The molecule has 0 saturated carbocycles. The van der Waals surface area contributed by atoms with Gasteiger partial charge in [0.15, 0.2) is 5.76 Å². The molecule has 1 aromatic rings. The lowest BCUT2D eigenvalue weighted by Gasteiger charge is -2.05. The Morgan fingerprint density at radius 2 is 2.25 bits per heavy atom. The average Bonchev–Trinajstić information content (AvgIpc) is 2.90. The molecule has 0 bridgehead atoms. The fourth-order valence-corrected chi connectivity index (χ4v) is 2.42. The second kappa shape index (κ2) is 4.90. The first-order valence-electron chi connectivity index (χ1n) is 6.69. The first-order chi connectivity index (χ1) is 9.56. The quantitative estimate of drug-likeness (QED) is 0.357. The summed E-state index contributed by atoms with van der Waals surface area (Å²) in [5.41, 5.74) is 1.55. The third-order valence-electron chi connectivity index (χ3n) is 3.66. The molecular weight excluding hydrogens is 260 g/mol. The van der Waals surface area contributed by atoms with E-state index in [0.717, 1.165) is 5.56 Å². The third kappa shape index (κ3) is 2.41. The molecular formula is C15H16O5. The maximum atomic E-state index is 12.0. The van der Waals surface area contributed by atoms with Crippen LogP contribution in [0.3, 0.4) is 0 Å². The summed E-state index contributed by atoms with van der Waals surface area (Å²) >= 11 is 0. The normalized spacial score (nSPS) is 28.2. The van der Waals surface area contributed by atoms with Gasteiger partial charge in [-0.15, -0.1) is 0 Å². The van der Waals surface area contributed by atoms with Crippen LogP contribution in [0.15, 0.2) is 28.4 Å². The molecule has 5 nitrogen and oxygen atoms in total. The highest BCUT2D eigenvalue weighted by Crippen LogP contribution is 2.40. The number of aryl methyl sites for hydroxylation is 1.